The topological polar surface area (TPSA) is 79.5 Å². The van der Waals surface area contributed by atoms with Crippen LogP contribution in [0.25, 0.3) is 0 Å². The first-order chi connectivity index (χ1) is 10.0. The van der Waals surface area contributed by atoms with Crippen LogP contribution in [0.1, 0.15) is 34.6 Å². The minimum absolute atomic E-state index is 0.166. The molecule has 0 saturated heterocycles. The Morgan fingerprint density at radius 2 is 1.76 bits per heavy atom. The highest BCUT2D eigenvalue weighted by Gasteiger charge is 2.21. The maximum atomic E-state index is 11.3. The van der Waals surface area contributed by atoms with Crippen LogP contribution in [0.5, 0.6) is 0 Å². The number of aryl methyl sites for hydroxylation is 1. The molecule has 21 heavy (non-hydrogen) atoms. The lowest BCUT2D eigenvalue weighted by Gasteiger charge is -2.14. The van der Waals surface area contributed by atoms with E-state index in [0.29, 0.717) is 18.5 Å². The largest absolute Gasteiger partial charge is 0.480 e. The first-order valence-electron chi connectivity index (χ1n) is 6.70. The Kier molecular flexibility index (Phi) is 4.42. The zero-order valence-electron chi connectivity index (χ0n) is 11.7. The number of carboxylic acids is 2. The Bertz CT molecular complexity index is 646. The van der Waals surface area contributed by atoms with Crippen LogP contribution in [0.4, 0.5) is 0 Å². The van der Waals surface area contributed by atoms with Gasteiger partial charge >= 0.3 is 11.9 Å². The zero-order chi connectivity index (χ0) is 15.4. The number of benzene rings is 1. The number of hydrogen-bond donors (Lipinski definition) is 2. The summed E-state index contributed by atoms with van der Waals surface area (Å²) in [4.78, 5) is 22.4. The molecule has 2 N–H and O–H groups in total. The van der Waals surface area contributed by atoms with Crippen molar-refractivity contribution in [1.82, 2.24) is 4.57 Å². The van der Waals surface area contributed by atoms with E-state index in [0.717, 1.165) is 5.56 Å². The van der Waals surface area contributed by atoms with Gasteiger partial charge in [0.05, 0.1) is 5.56 Å². The van der Waals surface area contributed by atoms with E-state index in [-0.39, 0.29) is 5.56 Å². The van der Waals surface area contributed by atoms with E-state index >= 15 is 0 Å². The number of aliphatic carboxylic acids is 1. The van der Waals surface area contributed by atoms with Crippen LogP contribution in [-0.4, -0.2) is 26.7 Å². The standard InChI is InChI=1S/C16H17NO4/c1-11(15(18)19)17-10-9-13(16(20)21)14(17)8-7-12-5-3-2-4-6-12/h2-6,9-11H,7-8H2,1H3,(H,18,19)(H,20,21). The van der Waals surface area contributed by atoms with Crippen LogP contribution in [0.15, 0.2) is 42.6 Å². The van der Waals surface area contributed by atoms with Gasteiger partial charge in [0.25, 0.3) is 0 Å². The van der Waals surface area contributed by atoms with Gasteiger partial charge in [0.15, 0.2) is 0 Å². The number of nitrogens with zero attached hydrogens (tertiary/aromatic N) is 1. The highest BCUT2D eigenvalue weighted by Crippen LogP contribution is 2.19. The molecule has 0 amide bonds. The molecular weight excluding hydrogens is 270 g/mol. The molecule has 1 heterocycles. The molecule has 0 aliphatic rings. The van der Waals surface area contributed by atoms with Crippen LogP contribution in [0.3, 0.4) is 0 Å². The SMILES string of the molecule is CC(C(=O)O)n1ccc(C(=O)O)c1CCc1ccccc1. The lowest BCUT2D eigenvalue weighted by atomic mass is 10.1. The molecule has 0 fully saturated rings. The molecule has 1 aromatic heterocycles. The van der Waals surface area contributed by atoms with Gasteiger partial charge < -0.3 is 14.8 Å². The van der Waals surface area contributed by atoms with Gasteiger partial charge in [0.2, 0.25) is 0 Å². The monoisotopic (exact) mass is 287 g/mol. The molecule has 0 saturated carbocycles. The molecule has 5 heteroatoms. The normalized spacial score (nSPS) is 12.0. The van der Waals surface area contributed by atoms with Crippen LogP contribution >= 0.6 is 0 Å². The molecule has 0 aliphatic carbocycles. The fourth-order valence-corrected chi connectivity index (χ4v) is 2.33. The van der Waals surface area contributed by atoms with E-state index in [1.165, 1.54) is 16.8 Å². The number of carbonyl (C=O) groups is 2. The van der Waals surface area contributed by atoms with Crippen molar-refractivity contribution < 1.29 is 19.8 Å². The van der Waals surface area contributed by atoms with Gasteiger partial charge in [0.1, 0.15) is 6.04 Å². The van der Waals surface area contributed by atoms with E-state index in [9.17, 15) is 14.7 Å². The van der Waals surface area contributed by atoms with Gasteiger partial charge in [0, 0.05) is 11.9 Å². The number of hydrogen-bond acceptors (Lipinski definition) is 2. The van der Waals surface area contributed by atoms with Gasteiger partial charge in [-0.05, 0) is 31.4 Å². The summed E-state index contributed by atoms with van der Waals surface area (Å²) in [6.07, 6.45) is 2.68. The molecule has 5 nitrogen and oxygen atoms in total. The van der Waals surface area contributed by atoms with Gasteiger partial charge in [-0.15, -0.1) is 0 Å². The number of aromatic carboxylic acids is 1. The average molecular weight is 287 g/mol. The third kappa shape index (κ3) is 3.31. The Labute approximate surface area is 122 Å². The van der Waals surface area contributed by atoms with Crippen molar-refractivity contribution in [1.29, 1.82) is 0 Å². The molecule has 0 spiro atoms. The molecule has 0 radical (unpaired) electrons. The van der Waals surface area contributed by atoms with E-state index < -0.39 is 18.0 Å². The van der Waals surface area contributed by atoms with Crippen molar-refractivity contribution in [3.63, 3.8) is 0 Å². The fraction of sp³-hybridized carbons (Fsp3) is 0.250. The molecule has 1 atom stereocenters. The summed E-state index contributed by atoms with van der Waals surface area (Å²) in [5.41, 5.74) is 1.80. The Hall–Kier alpha value is -2.56. The number of aromatic nitrogens is 1. The average Bonchev–Trinajstić information content (AvgIpc) is 2.89. The predicted molar refractivity (Wildman–Crippen MR) is 77.6 cm³/mol. The van der Waals surface area contributed by atoms with Gasteiger partial charge in [-0.25, -0.2) is 9.59 Å². The third-order valence-electron chi connectivity index (χ3n) is 3.52. The Morgan fingerprint density at radius 1 is 1.10 bits per heavy atom. The predicted octanol–water partition coefficient (Wildman–Crippen LogP) is 2.62. The van der Waals surface area contributed by atoms with Crippen LogP contribution in [0.2, 0.25) is 0 Å². The minimum atomic E-state index is -1.03. The lowest BCUT2D eigenvalue weighted by Crippen LogP contribution is -2.18. The molecule has 0 aliphatic heterocycles. The molecule has 110 valence electrons. The Morgan fingerprint density at radius 3 is 2.33 bits per heavy atom. The summed E-state index contributed by atoms with van der Waals surface area (Å²) < 4.78 is 1.52. The quantitative estimate of drug-likeness (QED) is 0.856. The molecule has 0 bridgehead atoms. The second-order valence-electron chi connectivity index (χ2n) is 4.89. The van der Waals surface area contributed by atoms with E-state index in [4.69, 9.17) is 5.11 Å². The summed E-state index contributed by atoms with van der Waals surface area (Å²) in [6, 6.07) is 10.4. The highest BCUT2D eigenvalue weighted by molar-refractivity contribution is 5.89. The zero-order valence-corrected chi connectivity index (χ0v) is 11.7. The van der Waals surface area contributed by atoms with E-state index in [1.54, 1.807) is 6.92 Å². The van der Waals surface area contributed by atoms with Gasteiger partial charge in [-0.1, -0.05) is 30.3 Å². The molecule has 2 rings (SSSR count). The van der Waals surface area contributed by atoms with E-state index in [1.807, 2.05) is 30.3 Å². The molecule has 2 aromatic rings. The fourth-order valence-electron chi connectivity index (χ4n) is 2.33. The highest BCUT2D eigenvalue weighted by atomic mass is 16.4. The molecule has 1 aromatic carbocycles. The summed E-state index contributed by atoms with van der Waals surface area (Å²) in [5.74, 6) is -2.02. The van der Waals surface area contributed by atoms with Crippen LogP contribution in [0, 0.1) is 0 Å². The van der Waals surface area contributed by atoms with Crippen molar-refractivity contribution in [2.24, 2.45) is 0 Å². The van der Waals surface area contributed by atoms with Crippen molar-refractivity contribution in [3.05, 3.63) is 59.4 Å². The summed E-state index contributed by atoms with van der Waals surface area (Å²) >= 11 is 0. The summed E-state index contributed by atoms with van der Waals surface area (Å²) in [7, 11) is 0. The summed E-state index contributed by atoms with van der Waals surface area (Å²) in [6.45, 7) is 1.54. The van der Waals surface area contributed by atoms with Crippen LogP contribution in [-0.2, 0) is 17.6 Å². The van der Waals surface area contributed by atoms with E-state index in [2.05, 4.69) is 0 Å². The molecule has 1 unspecified atom stereocenters. The van der Waals surface area contributed by atoms with Gasteiger partial charge in [-0.2, -0.15) is 0 Å². The Balaban J connectivity index is 2.29. The van der Waals surface area contributed by atoms with Crippen LogP contribution < -0.4 is 0 Å². The van der Waals surface area contributed by atoms with Crippen molar-refractivity contribution in [2.75, 3.05) is 0 Å². The van der Waals surface area contributed by atoms with Crippen molar-refractivity contribution in [3.8, 4) is 0 Å². The first kappa shape index (κ1) is 14.8. The minimum Gasteiger partial charge on any atom is -0.480 e. The number of carboxylic acid groups (broad SMARTS) is 2. The second kappa shape index (κ2) is 6.26. The second-order valence-corrected chi connectivity index (χ2v) is 4.89. The van der Waals surface area contributed by atoms with Crippen molar-refractivity contribution >= 4 is 11.9 Å². The first-order valence-corrected chi connectivity index (χ1v) is 6.70. The van der Waals surface area contributed by atoms with Crippen molar-refractivity contribution in [2.45, 2.75) is 25.8 Å². The summed E-state index contributed by atoms with van der Waals surface area (Å²) in [5, 5.41) is 18.4. The third-order valence-corrected chi connectivity index (χ3v) is 3.52. The number of rotatable bonds is 6. The molecular formula is C16H17NO4. The van der Waals surface area contributed by atoms with Gasteiger partial charge in [-0.3, -0.25) is 0 Å². The smallest absolute Gasteiger partial charge is 0.337 e. The lowest BCUT2D eigenvalue weighted by molar-refractivity contribution is -0.140. The maximum absolute atomic E-state index is 11.3. The maximum Gasteiger partial charge on any atom is 0.337 e.